The summed E-state index contributed by atoms with van der Waals surface area (Å²) in [7, 11) is 0. The highest BCUT2D eigenvalue weighted by atomic mass is 16.4. The molecule has 1 saturated heterocycles. The molecule has 1 aliphatic rings. The third-order valence-corrected chi connectivity index (χ3v) is 2.32. The van der Waals surface area contributed by atoms with Gasteiger partial charge in [-0.15, -0.1) is 0 Å². The second-order valence-corrected chi connectivity index (χ2v) is 3.58. The maximum absolute atomic E-state index is 11.3. The van der Waals surface area contributed by atoms with E-state index in [1.807, 2.05) is 13.8 Å². The molecule has 0 aromatic rings. The van der Waals surface area contributed by atoms with Crippen LogP contribution in [0.2, 0.25) is 0 Å². The number of hydrazine groups is 1. The van der Waals surface area contributed by atoms with Crippen molar-refractivity contribution < 1.29 is 14.7 Å². The fraction of sp³-hybridized carbons (Fsp3) is 0.750. The van der Waals surface area contributed by atoms with Crippen molar-refractivity contribution in [1.29, 1.82) is 0 Å². The van der Waals surface area contributed by atoms with Crippen LogP contribution >= 0.6 is 0 Å². The van der Waals surface area contributed by atoms with E-state index in [0.29, 0.717) is 6.42 Å². The van der Waals surface area contributed by atoms with Gasteiger partial charge in [0.15, 0.2) is 0 Å². The molecule has 1 fully saturated rings. The van der Waals surface area contributed by atoms with Crippen molar-refractivity contribution >= 4 is 11.9 Å². The van der Waals surface area contributed by atoms with Gasteiger partial charge in [0.25, 0.3) is 0 Å². The number of rotatable bonds is 3. The molecule has 0 saturated carbocycles. The molecular formula is C8H14N2O3. The van der Waals surface area contributed by atoms with Crippen molar-refractivity contribution in [3.05, 3.63) is 0 Å². The van der Waals surface area contributed by atoms with E-state index in [9.17, 15) is 9.59 Å². The van der Waals surface area contributed by atoms with Gasteiger partial charge in [0.1, 0.15) is 6.54 Å². The number of carboxylic acid groups (broad SMARTS) is 1. The first-order valence-corrected chi connectivity index (χ1v) is 4.27. The first-order valence-electron chi connectivity index (χ1n) is 4.27. The highest BCUT2D eigenvalue weighted by molar-refractivity contribution is 5.83. The van der Waals surface area contributed by atoms with Crippen LogP contribution < -0.4 is 5.43 Å². The lowest BCUT2D eigenvalue weighted by molar-refractivity contribution is -0.144. The van der Waals surface area contributed by atoms with Crippen molar-refractivity contribution in [3.8, 4) is 0 Å². The van der Waals surface area contributed by atoms with Gasteiger partial charge in [0, 0.05) is 12.0 Å². The number of hydrogen-bond acceptors (Lipinski definition) is 3. The summed E-state index contributed by atoms with van der Waals surface area (Å²) >= 11 is 0. The molecule has 1 rings (SSSR count). The molecule has 0 radical (unpaired) electrons. The molecule has 5 nitrogen and oxygen atoms in total. The first kappa shape index (κ1) is 9.98. The Bertz CT molecular complexity index is 242. The molecule has 0 spiro atoms. The van der Waals surface area contributed by atoms with Crippen LogP contribution in [-0.4, -0.2) is 34.1 Å². The SMILES string of the molecule is CCC1(C)CC(=O)N(CC(=O)O)N1. The number of aliphatic carboxylic acids is 1. The topological polar surface area (TPSA) is 69.6 Å². The van der Waals surface area contributed by atoms with E-state index in [1.54, 1.807) is 0 Å². The van der Waals surface area contributed by atoms with Gasteiger partial charge < -0.3 is 5.11 Å². The van der Waals surface area contributed by atoms with Crippen LogP contribution in [-0.2, 0) is 9.59 Å². The van der Waals surface area contributed by atoms with E-state index in [4.69, 9.17) is 5.11 Å². The highest BCUT2D eigenvalue weighted by Crippen LogP contribution is 2.22. The molecule has 0 aromatic carbocycles. The highest BCUT2D eigenvalue weighted by Gasteiger charge is 2.38. The molecule has 0 aliphatic carbocycles. The fourth-order valence-corrected chi connectivity index (χ4v) is 1.32. The van der Waals surface area contributed by atoms with Gasteiger partial charge in [-0.3, -0.25) is 14.6 Å². The predicted molar refractivity (Wildman–Crippen MR) is 45.8 cm³/mol. The molecule has 5 heteroatoms. The van der Waals surface area contributed by atoms with Gasteiger partial charge in [-0.05, 0) is 13.3 Å². The van der Waals surface area contributed by atoms with Crippen LogP contribution in [0.4, 0.5) is 0 Å². The number of carbonyl (C=O) groups excluding carboxylic acids is 1. The van der Waals surface area contributed by atoms with Crippen LogP contribution in [0.15, 0.2) is 0 Å². The molecule has 1 amide bonds. The average Bonchev–Trinajstić information content (AvgIpc) is 2.27. The van der Waals surface area contributed by atoms with Gasteiger partial charge in [-0.1, -0.05) is 6.92 Å². The Labute approximate surface area is 76.7 Å². The van der Waals surface area contributed by atoms with Gasteiger partial charge in [-0.25, -0.2) is 5.43 Å². The van der Waals surface area contributed by atoms with E-state index in [0.717, 1.165) is 6.42 Å². The summed E-state index contributed by atoms with van der Waals surface area (Å²) in [6.45, 7) is 3.60. The van der Waals surface area contributed by atoms with Crippen molar-refractivity contribution in [2.24, 2.45) is 0 Å². The van der Waals surface area contributed by atoms with Gasteiger partial charge >= 0.3 is 5.97 Å². The summed E-state index contributed by atoms with van der Waals surface area (Å²) in [6, 6.07) is 0. The second kappa shape index (κ2) is 3.33. The van der Waals surface area contributed by atoms with Gasteiger partial charge in [0.05, 0.1) is 0 Å². The first-order chi connectivity index (χ1) is 5.97. The van der Waals surface area contributed by atoms with Crippen LogP contribution in [0.1, 0.15) is 26.7 Å². The smallest absolute Gasteiger partial charge is 0.324 e. The zero-order valence-electron chi connectivity index (χ0n) is 7.83. The minimum Gasteiger partial charge on any atom is -0.480 e. The minimum absolute atomic E-state index is 0.147. The van der Waals surface area contributed by atoms with Crippen LogP contribution in [0.5, 0.6) is 0 Å². The van der Waals surface area contributed by atoms with Crippen LogP contribution in [0.25, 0.3) is 0 Å². The molecule has 1 unspecified atom stereocenters. The van der Waals surface area contributed by atoms with Gasteiger partial charge in [0.2, 0.25) is 5.91 Å². The molecule has 0 aromatic heterocycles. The minimum atomic E-state index is -0.999. The summed E-state index contributed by atoms with van der Waals surface area (Å²) in [6.07, 6.45) is 1.17. The normalized spacial score (nSPS) is 28.2. The second-order valence-electron chi connectivity index (χ2n) is 3.58. The Kier molecular flexibility index (Phi) is 2.56. The third-order valence-electron chi connectivity index (χ3n) is 2.32. The van der Waals surface area contributed by atoms with Crippen molar-refractivity contribution in [2.75, 3.05) is 6.54 Å². The van der Waals surface area contributed by atoms with Crippen LogP contribution in [0, 0.1) is 0 Å². The molecular weight excluding hydrogens is 172 g/mol. The largest absolute Gasteiger partial charge is 0.480 e. The number of carbonyl (C=O) groups is 2. The molecule has 0 bridgehead atoms. The fourth-order valence-electron chi connectivity index (χ4n) is 1.32. The number of carboxylic acids is 1. The number of nitrogens with zero attached hydrogens (tertiary/aromatic N) is 1. The maximum Gasteiger partial charge on any atom is 0.324 e. The van der Waals surface area contributed by atoms with Gasteiger partial charge in [-0.2, -0.15) is 0 Å². The summed E-state index contributed by atoms with van der Waals surface area (Å²) in [5, 5.41) is 9.67. The molecule has 2 N–H and O–H groups in total. The quantitative estimate of drug-likeness (QED) is 0.649. The lowest BCUT2D eigenvalue weighted by Crippen LogP contribution is -2.45. The van der Waals surface area contributed by atoms with E-state index < -0.39 is 5.97 Å². The Morgan fingerprint density at radius 3 is 2.77 bits per heavy atom. The van der Waals surface area contributed by atoms with Crippen molar-refractivity contribution in [1.82, 2.24) is 10.4 Å². The lowest BCUT2D eigenvalue weighted by Gasteiger charge is -2.23. The van der Waals surface area contributed by atoms with E-state index in [1.165, 1.54) is 5.01 Å². The molecule has 1 atom stereocenters. The third kappa shape index (κ3) is 2.18. The van der Waals surface area contributed by atoms with Crippen molar-refractivity contribution in [2.45, 2.75) is 32.2 Å². The lowest BCUT2D eigenvalue weighted by atomic mass is 9.97. The van der Waals surface area contributed by atoms with Crippen molar-refractivity contribution in [3.63, 3.8) is 0 Å². The van der Waals surface area contributed by atoms with Crippen LogP contribution in [0.3, 0.4) is 0 Å². The number of nitrogens with one attached hydrogen (secondary N) is 1. The summed E-state index contributed by atoms with van der Waals surface area (Å²) in [4.78, 5) is 21.7. The average molecular weight is 186 g/mol. The maximum atomic E-state index is 11.3. The number of hydrogen-bond donors (Lipinski definition) is 2. The summed E-state index contributed by atoms with van der Waals surface area (Å²) in [5.74, 6) is -1.15. The molecule has 13 heavy (non-hydrogen) atoms. The summed E-state index contributed by atoms with van der Waals surface area (Å²) in [5.41, 5.74) is 2.63. The predicted octanol–water partition coefficient (Wildman–Crippen LogP) is -0.0234. The molecule has 1 heterocycles. The van der Waals surface area contributed by atoms with E-state index in [2.05, 4.69) is 5.43 Å². The molecule has 74 valence electrons. The monoisotopic (exact) mass is 186 g/mol. The van der Waals surface area contributed by atoms with E-state index in [-0.39, 0.29) is 18.0 Å². The Morgan fingerprint density at radius 2 is 2.38 bits per heavy atom. The van der Waals surface area contributed by atoms with E-state index >= 15 is 0 Å². The zero-order valence-corrected chi connectivity index (χ0v) is 7.83. The summed E-state index contributed by atoms with van der Waals surface area (Å²) < 4.78 is 0. The Morgan fingerprint density at radius 1 is 1.77 bits per heavy atom. The zero-order chi connectivity index (χ0) is 10.1. The Hall–Kier alpha value is -1.10. The standard InChI is InChI=1S/C8H14N2O3/c1-3-8(2)4-6(11)10(9-8)5-7(12)13/h9H,3-5H2,1-2H3,(H,12,13). The number of amides is 1. The Balaban J connectivity index is 2.61. The molecule has 1 aliphatic heterocycles.